The Morgan fingerprint density at radius 1 is 1.75 bits per heavy atom. The van der Waals surface area contributed by atoms with Crippen LogP contribution in [0.3, 0.4) is 0 Å². The largest absolute Gasteiger partial charge is 0.496 e. The van der Waals surface area contributed by atoms with Crippen molar-refractivity contribution in [3.05, 3.63) is 29.6 Å². The predicted octanol–water partition coefficient (Wildman–Crippen LogP) is 2.21. The highest BCUT2D eigenvalue weighted by atomic mass is 35.5. The summed E-state index contributed by atoms with van der Waals surface area (Å²) in [4.78, 5) is 10.8. The van der Waals surface area contributed by atoms with Crippen LogP contribution in [0, 0.1) is 5.82 Å². The highest BCUT2D eigenvalue weighted by molar-refractivity contribution is 6.68. The van der Waals surface area contributed by atoms with Gasteiger partial charge < -0.3 is 4.74 Å². The molecule has 0 aliphatic carbocycles. The first kappa shape index (κ1) is 5.54. The van der Waals surface area contributed by atoms with Crippen molar-refractivity contribution in [1.29, 1.82) is 0 Å². The van der Waals surface area contributed by atoms with Crippen LogP contribution in [0.25, 0.3) is 0 Å². The van der Waals surface area contributed by atoms with Gasteiger partial charge >= 0.3 is 0 Å². The van der Waals surface area contributed by atoms with Gasteiger partial charge in [0.25, 0.3) is 5.24 Å². The van der Waals surface area contributed by atoms with Crippen molar-refractivity contribution in [3.63, 3.8) is 0 Å². The normalized spacial score (nSPS) is 14.3. The minimum atomic E-state index is -2.71. The highest BCUT2D eigenvalue weighted by Gasteiger charge is 2.09. The topological polar surface area (TPSA) is 26.3 Å². The van der Waals surface area contributed by atoms with Crippen LogP contribution < -0.4 is 4.74 Å². The average Bonchev–Trinajstić information content (AvgIpc) is 2.05. The number of benzene rings is 1. The molecule has 0 aliphatic heterocycles. The number of ether oxygens (including phenoxy) is 1. The van der Waals surface area contributed by atoms with Crippen LogP contribution in [0.4, 0.5) is 4.39 Å². The van der Waals surface area contributed by atoms with Crippen molar-refractivity contribution in [2.24, 2.45) is 0 Å². The fraction of sp³-hybridized carbons (Fsp3) is 0.125. The number of hydrogen-bond donors (Lipinski definition) is 0. The van der Waals surface area contributed by atoms with Gasteiger partial charge in [-0.2, -0.15) is 0 Å². The lowest BCUT2D eigenvalue weighted by Gasteiger charge is -2.03. The molecule has 0 aliphatic rings. The van der Waals surface area contributed by atoms with E-state index in [0.717, 1.165) is 18.2 Å². The molecule has 0 atom stereocenters. The molecule has 4 heteroatoms. The van der Waals surface area contributed by atoms with Gasteiger partial charge in [-0.25, -0.2) is 4.39 Å². The second-order valence-corrected chi connectivity index (χ2v) is 2.36. The molecule has 0 N–H and O–H groups in total. The fourth-order valence-corrected chi connectivity index (χ4v) is 0.892. The van der Waals surface area contributed by atoms with Gasteiger partial charge in [0, 0.05) is 0 Å². The zero-order chi connectivity index (χ0) is 11.6. The summed E-state index contributed by atoms with van der Waals surface area (Å²) in [6, 6.07) is 2.83. The van der Waals surface area contributed by atoms with Gasteiger partial charge in [-0.3, -0.25) is 4.79 Å². The second-order valence-electron chi connectivity index (χ2n) is 2.02. The minimum Gasteiger partial charge on any atom is -0.496 e. The molecule has 0 amide bonds. The summed E-state index contributed by atoms with van der Waals surface area (Å²) in [5.74, 6) is -0.965. The molecule has 0 bridgehead atoms. The summed E-state index contributed by atoms with van der Waals surface area (Å²) >= 11 is 5.14. The molecule has 64 valence electrons. The number of carbonyl (C=O) groups is 1. The second kappa shape index (κ2) is 3.54. The smallest absolute Gasteiger partial charge is 0.256 e. The Hall–Kier alpha value is -1.09. The van der Waals surface area contributed by atoms with Crippen LogP contribution in [-0.2, 0) is 0 Å². The molecule has 1 rings (SSSR count). The maximum absolute atomic E-state index is 12.7. The summed E-state index contributed by atoms with van der Waals surface area (Å²) in [5.41, 5.74) is -0.312. The molecular weight excluding hydrogens is 183 g/mol. The Bertz CT molecular complexity index is 392. The molecule has 0 radical (unpaired) electrons. The van der Waals surface area contributed by atoms with E-state index in [1.54, 1.807) is 0 Å². The Kier molecular flexibility index (Phi) is 1.63. The monoisotopic (exact) mass is 191 g/mol. The molecule has 0 aromatic heterocycles. The summed E-state index contributed by atoms with van der Waals surface area (Å²) in [5, 5.41) is -0.978. The van der Waals surface area contributed by atoms with E-state index in [1.807, 2.05) is 0 Å². The SMILES string of the molecule is [2H]C([2H])([2H])Oc1ccc(F)cc1C(=O)Cl. The van der Waals surface area contributed by atoms with E-state index in [-0.39, 0.29) is 11.3 Å². The van der Waals surface area contributed by atoms with Gasteiger partial charge in [0.2, 0.25) is 0 Å². The van der Waals surface area contributed by atoms with Crippen molar-refractivity contribution in [3.8, 4) is 5.75 Å². The first-order valence-corrected chi connectivity index (χ1v) is 3.36. The van der Waals surface area contributed by atoms with Crippen LogP contribution in [0.15, 0.2) is 18.2 Å². The third-order valence-corrected chi connectivity index (χ3v) is 1.47. The van der Waals surface area contributed by atoms with Gasteiger partial charge in [0.05, 0.1) is 16.7 Å². The number of carbonyl (C=O) groups excluding carboxylic acids is 1. The molecule has 0 saturated carbocycles. The maximum Gasteiger partial charge on any atom is 0.256 e. The number of methoxy groups -OCH3 is 1. The van der Waals surface area contributed by atoms with E-state index < -0.39 is 18.1 Å². The van der Waals surface area contributed by atoms with E-state index in [1.165, 1.54) is 0 Å². The molecular formula is C8H6ClFO2. The summed E-state index contributed by atoms with van der Waals surface area (Å²) in [6.45, 7) is 0. The average molecular weight is 192 g/mol. The van der Waals surface area contributed by atoms with Gasteiger partial charge in [0.1, 0.15) is 11.6 Å². The standard InChI is InChI=1S/C8H6ClFO2/c1-12-7-3-2-5(10)4-6(7)8(9)11/h2-4H,1H3/i1D3. The molecule has 0 unspecified atom stereocenters. The molecule has 0 saturated heterocycles. The van der Waals surface area contributed by atoms with Crippen molar-refractivity contribution < 1.29 is 18.0 Å². The Morgan fingerprint density at radius 2 is 2.50 bits per heavy atom. The van der Waals surface area contributed by atoms with Crippen molar-refractivity contribution in [1.82, 2.24) is 0 Å². The zero-order valence-electron chi connectivity index (χ0n) is 8.80. The van der Waals surface area contributed by atoms with Gasteiger partial charge in [-0.15, -0.1) is 0 Å². The quantitative estimate of drug-likeness (QED) is 0.670. The third kappa shape index (κ3) is 1.74. The van der Waals surface area contributed by atoms with Crippen LogP contribution in [-0.4, -0.2) is 12.3 Å². The molecule has 1 aromatic carbocycles. The minimum absolute atomic E-state index is 0.267. The van der Waals surface area contributed by atoms with E-state index in [0.29, 0.717) is 0 Å². The molecule has 2 nitrogen and oxygen atoms in total. The molecule has 12 heavy (non-hydrogen) atoms. The van der Waals surface area contributed by atoms with Gasteiger partial charge in [0.15, 0.2) is 0 Å². The highest BCUT2D eigenvalue weighted by Crippen LogP contribution is 2.20. The number of halogens is 2. The van der Waals surface area contributed by atoms with Crippen LogP contribution in [0.5, 0.6) is 5.75 Å². The summed E-state index contributed by atoms with van der Waals surface area (Å²) < 4.78 is 37.7. The predicted molar refractivity (Wildman–Crippen MR) is 43.1 cm³/mol. The van der Waals surface area contributed by atoms with Gasteiger partial charge in [-0.05, 0) is 29.8 Å². The Balaban J connectivity index is 3.12. The number of hydrogen-bond acceptors (Lipinski definition) is 2. The van der Waals surface area contributed by atoms with Crippen molar-refractivity contribution in [2.45, 2.75) is 0 Å². The molecule has 0 heterocycles. The van der Waals surface area contributed by atoms with Gasteiger partial charge in [-0.1, -0.05) is 0 Å². The van der Waals surface area contributed by atoms with E-state index in [2.05, 4.69) is 4.74 Å². The lowest BCUT2D eigenvalue weighted by atomic mass is 10.2. The van der Waals surface area contributed by atoms with Crippen molar-refractivity contribution in [2.75, 3.05) is 7.04 Å². The molecule has 1 aromatic rings. The zero-order valence-corrected chi connectivity index (χ0v) is 6.56. The van der Waals surface area contributed by atoms with E-state index in [9.17, 15) is 9.18 Å². The Morgan fingerprint density at radius 3 is 3.08 bits per heavy atom. The van der Waals surface area contributed by atoms with E-state index >= 15 is 0 Å². The number of rotatable bonds is 2. The van der Waals surface area contributed by atoms with Crippen LogP contribution in [0.1, 0.15) is 14.5 Å². The van der Waals surface area contributed by atoms with Crippen molar-refractivity contribution >= 4 is 16.8 Å². The first-order valence-electron chi connectivity index (χ1n) is 4.48. The maximum atomic E-state index is 12.7. The lowest BCUT2D eigenvalue weighted by Crippen LogP contribution is -1.95. The summed E-state index contributed by atoms with van der Waals surface area (Å²) in [6.07, 6.45) is 0. The summed E-state index contributed by atoms with van der Waals surface area (Å²) in [7, 11) is -2.71. The Labute approximate surface area is 78.1 Å². The first-order chi connectivity index (χ1) is 6.79. The molecule has 0 fully saturated rings. The molecule has 0 spiro atoms. The fourth-order valence-electron chi connectivity index (χ4n) is 0.745. The third-order valence-electron chi connectivity index (χ3n) is 1.26. The van der Waals surface area contributed by atoms with Crippen LogP contribution >= 0.6 is 11.6 Å². The lowest BCUT2D eigenvalue weighted by molar-refractivity contribution is 0.107. The van der Waals surface area contributed by atoms with E-state index in [4.69, 9.17) is 15.7 Å². The van der Waals surface area contributed by atoms with Crippen LogP contribution in [0.2, 0.25) is 0 Å².